The molecule has 0 fully saturated rings. The van der Waals surface area contributed by atoms with Crippen molar-refractivity contribution >= 4 is 29.1 Å². The summed E-state index contributed by atoms with van der Waals surface area (Å²) in [7, 11) is 1.68. The Morgan fingerprint density at radius 1 is 1.62 bits per heavy atom. The highest BCUT2D eigenvalue weighted by molar-refractivity contribution is 6.36. The molecule has 0 aliphatic heterocycles. The molecule has 0 unspecified atom stereocenters. The van der Waals surface area contributed by atoms with E-state index >= 15 is 0 Å². The Balaban J connectivity index is 3.30. The largest absolute Gasteiger partial charge is 0.462 e. The number of halogens is 1. The normalized spacial score (nSPS) is 10.0. The molecule has 0 radical (unpaired) electrons. The van der Waals surface area contributed by atoms with E-state index in [1.165, 1.54) is 0 Å². The van der Waals surface area contributed by atoms with E-state index in [0.717, 1.165) is 0 Å². The van der Waals surface area contributed by atoms with Crippen molar-refractivity contribution in [1.82, 2.24) is 4.98 Å². The average Bonchev–Trinajstić information content (AvgIpc) is 2.24. The molecule has 88 valence electrons. The van der Waals surface area contributed by atoms with Gasteiger partial charge >= 0.3 is 5.97 Å². The predicted octanol–water partition coefficient (Wildman–Crippen LogP) is 1.84. The Labute approximate surface area is 98.9 Å². The van der Waals surface area contributed by atoms with Gasteiger partial charge in [-0.05, 0) is 13.8 Å². The minimum atomic E-state index is -0.508. The minimum Gasteiger partial charge on any atom is -0.462 e. The molecule has 1 aromatic rings. The van der Waals surface area contributed by atoms with E-state index in [1.54, 1.807) is 20.9 Å². The number of carbonyl (C=O) groups excluding carboxylic acids is 1. The smallest absolute Gasteiger partial charge is 0.341 e. The lowest BCUT2D eigenvalue weighted by molar-refractivity contribution is 0.0525. The lowest BCUT2D eigenvalue weighted by Gasteiger charge is -2.12. The lowest BCUT2D eigenvalue weighted by Crippen LogP contribution is -2.12. The number of pyridine rings is 1. The SMILES string of the molecule is CCOC(=O)c1c(C)nc(NC)c(N)c1Cl. The molecule has 0 saturated heterocycles. The van der Waals surface area contributed by atoms with Crippen LogP contribution in [0, 0.1) is 6.92 Å². The van der Waals surface area contributed by atoms with Crippen LogP contribution in [-0.4, -0.2) is 24.6 Å². The molecule has 1 aromatic heterocycles. The van der Waals surface area contributed by atoms with Crippen LogP contribution < -0.4 is 11.1 Å². The summed E-state index contributed by atoms with van der Waals surface area (Å²) in [4.78, 5) is 15.7. The highest BCUT2D eigenvalue weighted by atomic mass is 35.5. The molecule has 5 nitrogen and oxygen atoms in total. The molecule has 0 amide bonds. The van der Waals surface area contributed by atoms with Gasteiger partial charge in [-0.25, -0.2) is 9.78 Å². The number of nitrogens with zero attached hydrogens (tertiary/aromatic N) is 1. The molecule has 0 aliphatic carbocycles. The molecule has 0 atom stereocenters. The quantitative estimate of drug-likeness (QED) is 0.793. The van der Waals surface area contributed by atoms with E-state index in [1.807, 2.05) is 0 Å². The maximum atomic E-state index is 11.6. The van der Waals surface area contributed by atoms with Crippen molar-refractivity contribution in [2.45, 2.75) is 13.8 Å². The molecule has 0 saturated carbocycles. The first kappa shape index (κ1) is 12.6. The fourth-order valence-corrected chi connectivity index (χ4v) is 1.62. The fourth-order valence-electron chi connectivity index (χ4n) is 1.31. The van der Waals surface area contributed by atoms with E-state index in [-0.39, 0.29) is 22.9 Å². The van der Waals surface area contributed by atoms with Gasteiger partial charge in [0.2, 0.25) is 0 Å². The summed E-state index contributed by atoms with van der Waals surface area (Å²) >= 11 is 6.01. The van der Waals surface area contributed by atoms with Gasteiger partial charge in [0.1, 0.15) is 5.56 Å². The lowest BCUT2D eigenvalue weighted by atomic mass is 10.2. The molecule has 1 rings (SSSR count). The maximum absolute atomic E-state index is 11.6. The van der Waals surface area contributed by atoms with Crippen molar-refractivity contribution in [3.05, 3.63) is 16.3 Å². The topological polar surface area (TPSA) is 77.2 Å². The summed E-state index contributed by atoms with van der Waals surface area (Å²) < 4.78 is 4.88. The second-order valence-electron chi connectivity index (χ2n) is 3.12. The standard InChI is InChI=1S/C10H14ClN3O2/c1-4-16-10(15)6-5(2)14-9(13-3)8(12)7(6)11/h4,12H2,1-3H3,(H,13,14). The Bertz CT molecular complexity index is 421. The van der Waals surface area contributed by atoms with Gasteiger partial charge in [0.15, 0.2) is 5.82 Å². The molecule has 6 heteroatoms. The van der Waals surface area contributed by atoms with E-state index < -0.39 is 5.97 Å². The zero-order valence-corrected chi connectivity index (χ0v) is 10.2. The van der Waals surface area contributed by atoms with Gasteiger partial charge in [-0.3, -0.25) is 0 Å². The van der Waals surface area contributed by atoms with Crippen molar-refractivity contribution in [2.24, 2.45) is 0 Å². The Hall–Kier alpha value is -1.49. The number of esters is 1. The predicted molar refractivity (Wildman–Crippen MR) is 63.9 cm³/mol. The number of rotatable bonds is 3. The summed E-state index contributed by atoms with van der Waals surface area (Å²) in [5.74, 6) is -0.0533. The van der Waals surface area contributed by atoms with Gasteiger partial charge in [-0.15, -0.1) is 0 Å². The number of nitrogens with two attached hydrogens (primary N) is 1. The van der Waals surface area contributed by atoms with Crippen LogP contribution in [0.15, 0.2) is 0 Å². The van der Waals surface area contributed by atoms with Crippen molar-refractivity contribution in [2.75, 3.05) is 24.7 Å². The fraction of sp³-hybridized carbons (Fsp3) is 0.400. The number of hydrogen-bond donors (Lipinski definition) is 2. The van der Waals surface area contributed by atoms with Crippen LogP contribution in [0.3, 0.4) is 0 Å². The third kappa shape index (κ3) is 2.19. The van der Waals surface area contributed by atoms with Crippen LogP contribution in [0.4, 0.5) is 11.5 Å². The first-order valence-corrected chi connectivity index (χ1v) is 5.21. The van der Waals surface area contributed by atoms with Crippen molar-refractivity contribution in [1.29, 1.82) is 0 Å². The van der Waals surface area contributed by atoms with Gasteiger partial charge in [-0.2, -0.15) is 0 Å². The van der Waals surface area contributed by atoms with Crippen LogP contribution in [0.25, 0.3) is 0 Å². The number of hydrogen-bond acceptors (Lipinski definition) is 5. The summed E-state index contributed by atoms with van der Waals surface area (Å²) in [5, 5.41) is 2.98. The van der Waals surface area contributed by atoms with Crippen molar-refractivity contribution in [3.63, 3.8) is 0 Å². The van der Waals surface area contributed by atoms with Gasteiger partial charge in [-0.1, -0.05) is 11.6 Å². The number of aryl methyl sites for hydroxylation is 1. The zero-order valence-electron chi connectivity index (χ0n) is 9.43. The summed E-state index contributed by atoms with van der Waals surface area (Å²) in [5.41, 5.74) is 6.69. The average molecular weight is 244 g/mol. The Kier molecular flexibility index (Phi) is 3.95. The monoisotopic (exact) mass is 243 g/mol. The number of ether oxygens (including phenoxy) is 1. The Morgan fingerprint density at radius 2 is 2.25 bits per heavy atom. The zero-order chi connectivity index (χ0) is 12.3. The second kappa shape index (κ2) is 5.03. The molecule has 16 heavy (non-hydrogen) atoms. The van der Waals surface area contributed by atoms with E-state index in [0.29, 0.717) is 11.5 Å². The number of aromatic nitrogens is 1. The van der Waals surface area contributed by atoms with Crippen LogP contribution in [0.2, 0.25) is 5.02 Å². The molecular formula is C10H14ClN3O2. The van der Waals surface area contributed by atoms with Gasteiger partial charge < -0.3 is 15.8 Å². The molecule has 0 aromatic carbocycles. The van der Waals surface area contributed by atoms with Crippen LogP contribution in [0.5, 0.6) is 0 Å². The van der Waals surface area contributed by atoms with Gasteiger partial charge in [0.25, 0.3) is 0 Å². The van der Waals surface area contributed by atoms with Crippen LogP contribution in [-0.2, 0) is 4.74 Å². The van der Waals surface area contributed by atoms with Crippen LogP contribution in [0.1, 0.15) is 23.0 Å². The summed E-state index contributed by atoms with van der Waals surface area (Å²) in [6.45, 7) is 3.68. The molecule has 3 N–H and O–H groups in total. The third-order valence-corrected chi connectivity index (χ3v) is 2.46. The van der Waals surface area contributed by atoms with E-state index in [9.17, 15) is 4.79 Å². The molecule has 0 bridgehead atoms. The van der Waals surface area contributed by atoms with Crippen molar-refractivity contribution < 1.29 is 9.53 Å². The highest BCUT2D eigenvalue weighted by Crippen LogP contribution is 2.31. The summed E-state index contributed by atoms with van der Waals surface area (Å²) in [6, 6.07) is 0. The third-order valence-electron chi connectivity index (χ3n) is 2.07. The maximum Gasteiger partial charge on any atom is 0.341 e. The first-order valence-electron chi connectivity index (χ1n) is 4.83. The van der Waals surface area contributed by atoms with Gasteiger partial charge in [0.05, 0.1) is 23.0 Å². The Morgan fingerprint density at radius 3 is 2.75 bits per heavy atom. The van der Waals surface area contributed by atoms with Gasteiger partial charge in [0, 0.05) is 7.05 Å². The number of nitrogens with one attached hydrogen (secondary N) is 1. The van der Waals surface area contributed by atoms with E-state index in [4.69, 9.17) is 22.1 Å². The summed E-state index contributed by atoms with van der Waals surface area (Å²) in [6.07, 6.45) is 0. The highest BCUT2D eigenvalue weighted by Gasteiger charge is 2.20. The number of anilines is 2. The molecule has 1 heterocycles. The molecular weight excluding hydrogens is 230 g/mol. The van der Waals surface area contributed by atoms with E-state index in [2.05, 4.69) is 10.3 Å². The number of carbonyl (C=O) groups is 1. The van der Waals surface area contributed by atoms with Crippen molar-refractivity contribution in [3.8, 4) is 0 Å². The minimum absolute atomic E-state index is 0.176. The second-order valence-corrected chi connectivity index (χ2v) is 3.50. The first-order chi connectivity index (χ1) is 7.52. The molecule has 0 aliphatic rings. The number of nitrogen functional groups attached to an aromatic ring is 1. The van der Waals surface area contributed by atoms with Crippen LogP contribution >= 0.6 is 11.6 Å². The molecule has 0 spiro atoms.